The average molecular weight is 308 g/mol. The van der Waals surface area contributed by atoms with E-state index in [0.29, 0.717) is 6.42 Å². The van der Waals surface area contributed by atoms with Gasteiger partial charge in [0.05, 0.1) is 5.75 Å². The standard InChI is InChI=1S/C18H28O2S/c1-2-3-4-5-6-7-8-9-10-11-12-13-14-15-16-17-18-21(19)20/h3-4,6-7,9-10,12-13,15-16,21H,2,5,8,11,14,17-18H2,1H3/b4-3-,7-6-,10-9-,13-12-,16-15-. The maximum atomic E-state index is 10.3. The fourth-order valence-corrected chi connectivity index (χ4v) is 1.91. The Morgan fingerprint density at radius 2 is 1.00 bits per heavy atom. The van der Waals surface area contributed by atoms with E-state index < -0.39 is 10.7 Å². The lowest BCUT2D eigenvalue weighted by Gasteiger charge is -1.86. The molecule has 0 aromatic heterocycles. The molecule has 0 aliphatic rings. The Balaban J connectivity index is 3.49. The summed E-state index contributed by atoms with van der Waals surface area (Å²) < 4.78 is 20.6. The fourth-order valence-electron chi connectivity index (χ4n) is 1.55. The molecule has 0 bridgehead atoms. The first-order valence-corrected chi connectivity index (χ1v) is 9.00. The highest BCUT2D eigenvalue weighted by Gasteiger charge is 1.81. The molecule has 0 unspecified atom stereocenters. The Hall–Kier alpha value is -1.35. The second-order valence-corrected chi connectivity index (χ2v) is 5.67. The van der Waals surface area contributed by atoms with Gasteiger partial charge in [0.1, 0.15) is 10.7 Å². The van der Waals surface area contributed by atoms with E-state index in [4.69, 9.17) is 0 Å². The third-order valence-corrected chi connectivity index (χ3v) is 3.26. The molecule has 21 heavy (non-hydrogen) atoms. The van der Waals surface area contributed by atoms with Gasteiger partial charge in [0.25, 0.3) is 0 Å². The summed E-state index contributed by atoms with van der Waals surface area (Å²) in [6.45, 7) is 2.14. The van der Waals surface area contributed by atoms with Crippen LogP contribution in [0.1, 0.15) is 45.4 Å². The highest BCUT2D eigenvalue weighted by Crippen LogP contribution is 1.96. The van der Waals surface area contributed by atoms with Crippen molar-refractivity contribution in [1.82, 2.24) is 0 Å². The second kappa shape index (κ2) is 16.7. The molecule has 0 atom stereocenters. The van der Waals surface area contributed by atoms with E-state index in [1.165, 1.54) is 0 Å². The Labute approximate surface area is 131 Å². The van der Waals surface area contributed by atoms with Crippen molar-refractivity contribution < 1.29 is 8.42 Å². The quantitative estimate of drug-likeness (QED) is 0.417. The summed E-state index contributed by atoms with van der Waals surface area (Å²) in [7, 11) is -2.23. The van der Waals surface area contributed by atoms with Crippen molar-refractivity contribution in [2.75, 3.05) is 5.75 Å². The number of hydrogen-bond acceptors (Lipinski definition) is 2. The maximum absolute atomic E-state index is 10.3. The van der Waals surface area contributed by atoms with Gasteiger partial charge in [0.2, 0.25) is 0 Å². The summed E-state index contributed by atoms with van der Waals surface area (Å²) in [5.41, 5.74) is 0. The zero-order valence-corrected chi connectivity index (χ0v) is 13.9. The SMILES string of the molecule is CC/C=C\C/C=C\C/C=C\C/C=C\C/C=C\CC[SH](=O)=O. The zero-order chi connectivity index (χ0) is 15.6. The van der Waals surface area contributed by atoms with Crippen molar-refractivity contribution in [3.63, 3.8) is 0 Å². The van der Waals surface area contributed by atoms with Gasteiger partial charge in [-0.15, -0.1) is 0 Å². The Kier molecular flexibility index (Phi) is 15.6. The largest absolute Gasteiger partial charge is 0.232 e. The van der Waals surface area contributed by atoms with Crippen LogP contribution in [0.25, 0.3) is 0 Å². The third kappa shape index (κ3) is 18.6. The molecular formula is C18H28O2S. The van der Waals surface area contributed by atoms with E-state index in [0.717, 1.165) is 32.1 Å². The van der Waals surface area contributed by atoms with Gasteiger partial charge < -0.3 is 0 Å². The van der Waals surface area contributed by atoms with Crippen molar-refractivity contribution in [3.8, 4) is 0 Å². The van der Waals surface area contributed by atoms with Crippen LogP contribution in [0, 0.1) is 0 Å². The smallest absolute Gasteiger partial charge is 0.140 e. The van der Waals surface area contributed by atoms with Crippen molar-refractivity contribution in [2.45, 2.75) is 45.4 Å². The summed E-state index contributed by atoms with van der Waals surface area (Å²) in [4.78, 5) is 0. The highest BCUT2D eigenvalue weighted by atomic mass is 32.2. The van der Waals surface area contributed by atoms with E-state index >= 15 is 0 Å². The van der Waals surface area contributed by atoms with E-state index in [1.54, 1.807) is 0 Å². The first-order chi connectivity index (χ1) is 10.3. The van der Waals surface area contributed by atoms with Crippen LogP contribution in [0.2, 0.25) is 0 Å². The Morgan fingerprint density at radius 1 is 0.619 bits per heavy atom. The number of thiol groups is 1. The van der Waals surface area contributed by atoms with Crippen LogP contribution in [0.5, 0.6) is 0 Å². The number of rotatable bonds is 12. The second-order valence-electron chi connectivity index (χ2n) is 4.55. The van der Waals surface area contributed by atoms with Crippen molar-refractivity contribution >= 4 is 10.7 Å². The Morgan fingerprint density at radius 3 is 1.38 bits per heavy atom. The molecular weight excluding hydrogens is 280 g/mol. The zero-order valence-electron chi connectivity index (χ0n) is 13.0. The van der Waals surface area contributed by atoms with Gasteiger partial charge >= 0.3 is 0 Å². The molecule has 3 heteroatoms. The van der Waals surface area contributed by atoms with Gasteiger partial charge in [-0.25, -0.2) is 8.42 Å². The molecule has 0 radical (unpaired) electrons. The lowest BCUT2D eigenvalue weighted by molar-refractivity contribution is 0.614. The first-order valence-electron chi connectivity index (χ1n) is 7.64. The van der Waals surface area contributed by atoms with E-state index in [-0.39, 0.29) is 5.75 Å². The van der Waals surface area contributed by atoms with Crippen LogP contribution < -0.4 is 0 Å². The minimum Gasteiger partial charge on any atom is -0.232 e. The summed E-state index contributed by atoms with van der Waals surface area (Å²) >= 11 is 0. The molecule has 118 valence electrons. The summed E-state index contributed by atoms with van der Waals surface area (Å²) in [5, 5.41) is 0. The monoisotopic (exact) mass is 308 g/mol. The minimum absolute atomic E-state index is 0.250. The molecule has 0 N–H and O–H groups in total. The molecule has 0 amide bonds. The van der Waals surface area contributed by atoms with E-state index in [1.807, 2.05) is 12.2 Å². The summed E-state index contributed by atoms with van der Waals surface area (Å²) in [6.07, 6.45) is 26.8. The molecule has 0 saturated carbocycles. The summed E-state index contributed by atoms with van der Waals surface area (Å²) in [6, 6.07) is 0. The van der Waals surface area contributed by atoms with Gasteiger partial charge in [-0.1, -0.05) is 67.7 Å². The molecule has 0 aromatic carbocycles. The van der Waals surface area contributed by atoms with Crippen molar-refractivity contribution in [3.05, 3.63) is 60.8 Å². The van der Waals surface area contributed by atoms with Crippen LogP contribution in [0.3, 0.4) is 0 Å². The van der Waals surface area contributed by atoms with Gasteiger partial charge in [-0.05, 0) is 38.5 Å². The molecule has 2 nitrogen and oxygen atoms in total. The third-order valence-electron chi connectivity index (χ3n) is 2.64. The molecule has 0 aliphatic heterocycles. The van der Waals surface area contributed by atoms with Gasteiger partial charge in [0, 0.05) is 0 Å². The molecule has 0 saturated heterocycles. The topological polar surface area (TPSA) is 34.1 Å². The predicted molar refractivity (Wildman–Crippen MR) is 94.3 cm³/mol. The highest BCUT2D eigenvalue weighted by molar-refractivity contribution is 7.72. The molecule has 0 aromatic rings. The Bertz CT molecular complexity index is 430. The van der Waals surface area contributed by atoms with E-state index in [2.05, 4.69) is 55.5 Å². The van der Waals surface area contributed by atoms with Crippen LogP contribution in [0.4, 0.5) is 0 Å². The average Bonchev–Trinajstić information content (AvgIpc) is 2.46. The number of hydrogen-bond donors (Lipinski definition) is 1. The van der Waals surface area contributed by atoms with Crippen LogP contribution >= 0.6 is 0 Å². The predicted octanol–water partition coefficient (Wildman–Crippen LogP) is 4.74. The van der Waals surface area contributed by atoms with Gasteiger partial charge in [-0.2, -0.15) is 0 Å². The normalized spacial score (nSPS) is 13.2. The van der Waals surface area contributed by atoms with E-state index in [9.17, 15) is 8.42 Å². The molecule has 0 fully saturated rings. The maximum Gasteiger partial charge on any atom is 0.140 e. The van der Waals surface area contributed by atoms with Gasteiger partial charge in [-0.3, -0.25) is 0 Å². The molecule has 0 rings (SSSR count). The van der Waals surface area contributed by atoms with Crippen molar-refractivity contribution in [1.29, 1.82) is 0 Å². The lowest BCUT2D eigenvalue weighted by atomic mass is 10.2. The molecule has 0 heterocycles. The van der Waals surface area contributed by atoms with Crippen LogP contribution in [-0.2, 0) is 10.7 Å². The van der Waals surface area contributed by atoms with Gasteiger partial charge in [0.15, 0.2) is 0 Å². The van der Waals surface area contributed by atoms with Crippen molar-refractivity contribution in [2.24, 2.45) is 0 Å². The van der Waals surface area contributed by atoms with Crippen LogP contribution in [-0.4, -0.2) is 14.2 Å². The molecule has 0 spiro atoms. The number of allylic oxidation sites excluding steroid dienone is 10. The minimum atomic E-state index is -2.23. The lowest BCUT2D eigenvalue weighted by Crippen LogP contribution is -1.82. The summed E-state index contributed by atoms with van der Waals surface area (Å²) in [5.74, 6) is 0.250. The molecule has 0 aliphatic carbocycles. The fraction of sp³-hybridized carbons (Fsp3) is 0.444. The van der Waals surface area contributed by atoms with Crippen LogP contribution in [0.15, 0.2) is 60.8 Å². The first kappa shape index (κ1) is 19.7.